The first kappa shape index (κ1) is 9.47. The van der Waals surface area contributed by atoms with Gasteiger partial charge in [-0.15, -0.1) is 0 Å². The van der Waals surface area contributed by atoms with Gasteiger partial charge in [0.15, 0.2) is 0 Å². The molecule has 0 aliphatic carbocycles. The first-order valence-corrected chi connectivity index (χ1v) is 5.42. The van der Waals surface area contributed by atoms with Crippen molar-refractivity contribution in [1.82, 2.24) is 0 Å². The minimum atomic E-state index is 1.17. The summed E-state index contributed by atoms with van der Waals surface area (Å²) in [6, 6.07) is 12.7. The van der Waals surface area contributed by atoms with Crippen LogP contribution in [0.5, 0.6) is 0 Å². The van der Waals surface area contributed by atoms with Crippen LogP contribution in [0, 0.1) is 0 Å². The fraction of sp³-hybridized carbons (Fsp3) is 0.0769. The zero-order valence-corrected chi connectivity index (χ0v) is 9.58. The molecule has 0 aromatic heterocycles. The Bertz CT molecular complexity index is 484. The van der Waals surface area contributed by atoms with Gasteiger partial charge in [0, 0.05) is 4.47 Å². The highest BCUT2D eigenvalue weighted by atomic mass is 79.9. The zero-order chi connectivity index (χ0) is 9.97. The third kappa shape index (κ3) is 1.60. The molecule has 0 heterocycles. The van der Waals surface area contributed by atoms with Gasteiger partial charge in [0.25, 0.3) is 0 Å². The van der Waals surface area contributed by atoms with E-state index in [2.05, 4.69) is 64.5 Å². The maximum atomic E-state index is 3.63. The quantitative estimate of drug-likeness (QED) is 0.688. The second kappa shape index (κ2) is 3.97. The summed E-state index contributed by atoms with van der Waals surface area (Å²) in [7, 11) is 0. The van der Waals surface area contributed by atoms with Gasteiger partial charge in [0.2, 0.25) is 0 Å². The fourth-order valence-electron chi connectivity index (χ4n) is 1.56. The average molecular weight is 247 g/mol. The minimum Gasteiger partial charge on any atom is -0.0870 e. The number of fused-ring (bicyclic) bond motifs is 1. The summed E-state index contributed by atoms with van der Waals surface area (Å²) in [5.74, 6) is 0. The molecule has 2 aromatic rings. The molecule has 0 aliphatic rings. The standard InChI is InChI=1S/C13H11Br/c1-2-5-11-9-8-10-6-3-4-7-12(10)13(11)14/h2-9H,1H3/b5-2+. The molecular weight excluding hydrogens is 236 g/mol. The summed E-state index contributed by atoms with van der Waals surface area (Å²) in [6.45, 7) is 2.03. The normalized spacial score (nSPS) is 11.3. The Morgan fingerprint density at radius 1 is 1.07 bits per heavy atom. The van der Waals surface area contributed by atoms with Gasteiger partial charge in [0.05, 0.1) is 0 Å². The van der Waals surface area contributed by atoms with Crippen molar-refractivity contribution in [3.63, 3.8) is 0 Å². The molecule has 0 N–H and O–H groups in total. The topological polar surface area (TPSA) is 0 Å². The lowest BCUT2D eigenvalue weighted by Crippen LogP contribution is -1.78. The monoisotopic (exact) mass is 246 g/mol. The van der Waals surface area contributed by atoms with Gasteiger partial charge in [0.1, 0.15) is 0 Å². The number of halogens is 1. The van der Waals surface area contributed by atoms with Crippen molar-refractivity contribution < 1.29 is 0 Å². The van der Waals surface area contributed by atoms with Crippen LogP contribution in [0.2, 0.25) is 0 Å². The van der Waals surface area contributed by atoms with Crippen molar-refractivity contribution in [3.8, 4) is 0 Å². The highest BCUT2D eigenvalue weighted by molar-refractivity contribution is 9.10. The van der Waals surface area contributed by atoms with Gasteiger partial charge < -0.3 is 0 Å². The summed E-state index contributed by atoms with van der Waals surface area (Å²) in [5, 5.41) is 2.54. The van der Waals surface area contributed by atoms with E-state index in [0.29, 0.717) is 0 Å². The molecule has 0 saturated carbocycles. The van der Waals surface area contributed by atoms with Crippen molar-refractivity contribution in [1.29, 1.82) is 0 Å². The zero-order valence-electron chi connectivity index (χ0n) is 8.00. The van der Waals surface area contributed by atoms with Crippen LogP contribution < -0.4 is 0 Å². The highest BCUT2D eigenvalue weighted by Crippen LogP contribution is 2.28. The maximum absolute atomic E-state index is 3.63. The second-order valence-electron chi connectivity index (χ2n) is 3.19. The molecule has 14 heavy (non-hydrogen) atoms. The molecule has 0 unspecified atom stereocenters. The Hall–Kier alpha value is -1.08. The number of hydrogen-bond donors (Lipinski definition) is 0. The number of hydrogen-bond acceptors (Lipinski definition) is 0. The van der Waals surface area contributed by atoms with Gasteiger partial charge in [-0.1, -0.05) is 48.6 Å². The SMILES string of the molecule is C/C=C/c1ccc2ccccc2c1Br. The Morgan fingerprint density at radius 2 is 1.86 bits per heavy atom. The molecule has 0 nitrogen and oxygen atoms in total. The van der Waals surface area contributed by atoms with Gasteiger partial charge in [-0.2, -0.15) is 0 Å². The Labute approximate surface area is 92.4 Å². The predicted molar refractivity (Wildman–Crippen MR) is 66.4 cm³/mol. The average Bonchev–Trinajstić information content (AvgIpc) is 2.23. The van der Waals surface area contributed by atoms with Gasteiger partial charge in [-0.05, 0) is 39.2 Å². The summed E-state index contributed by atoms with van der Waals surface area (Å²) < 4.78 is 1.17. The van der Waals surface area contributed by atoms with Gasteiger partial charge in [-0.3, -0.25) is 0 Å². The lowest BCUT2D eigenvalue weighted by molar-refractivity contribution is 1.64. The van der Waals surface area contributed by atoms with Crippen molar-refractivity contribution in [2.24, 2.45) is 0 Å². The smallest absolute Gasteiger partial charge is 0.0326 e. The molecule has 0 bridgehead atoms. The highest BCUT2D eigenvalue weighted by Gasteiger charge is 2.00. The molecule has 70 valence electrons. The van der Waals surface area contributed by atoms with Crippen LogP contribution in [-0.2, 0) is 0 Å². The van der Waals surface area contributed by atoms with E-state index in [0.717, 1.165) is 0 Å². The van der Waals surface area contributed by atoms with Crippen LogP contribution in [0.25, 0.3) is 16.8 Å². The predicted octanol–water partition coefficient (Wildman–Crippen LogP) is 4.64. The number of rotatable bonds is 1. The van der Waals surface area contributed by atoms with Crippen LogP contribution >= 0.6 is 15.9 Å². The van der Waals surface area contributed by atoms with Crippen molar-refractivity contribution in [3.05, 3.63) is 52.5 Å². The third-order valence-corrected chi connectivity index (χ3v) is 3.12. The number of allylic oxidation sites excluding steroid dienone is 1. The molecule has 2 rings (SSSR count). The minimum absolute atomic E-state index is 1.17. The van der Waals surface area contributed by atoms with E-state index in [-0.39, 0.29) is 0 Å². The summed E-state index contributed by atoms with van der Waals surface area (Å²) in [5.41, 5.74) is 1.23. The molecule has 0 atom stereocenters. The first-order valence-electron chi connectivity index (χ1n) is 4.63. The molecule has 0 spiro atoms. The Balaban J connectivity index is 2.75. The van der Waals surface area contributed by atoms with Crippen molar-refractivity contribution in [2.45, 2.75) is 6.92 Å². The molecule has 0 radical (unpaired) electrons. The van der Waals surface area contributed by atoms with E-state index >= 15 is 0 Å². The molecule has 0 amide bonds. The first-order chi connectivity index (χ1) is 6.83. The van der Waals surface area contributed by atoms with E-state index in [4.69, 9.17) is 0 Å². The molecule has 1 heteroatoms. The molecule has 0 fully saturated rings. The summed E-state index contributed by atoms with van der Waals surface area (Å²) >= 11 is 3.63. The van der Waals surface area contributed by atoms with E-state index < -0.39 is 0 Å². The molecule has 2 aromatic carbocycles. The third-order valence-electron chi connectivity index (χ3n) is 2.24. The van der Waals surface area contributed by atoms with Crippen LogP contribution in [-0.4, -0.2) is 0 Å². The summed E-state index contributed by atoms with van der Waals surface area (Å²) in [4.78, 5) is 0. The van der Waals surface area contributed by atoms with Crippen LogP contribution in [0.3, 0.4) is 0 Å². The lowest BCUT2D eigenvalue weighted by Gasteiger charge is -2.03. The van der Waals surface area contributed by atoms with E-state index in [1.165, 1.54) is 20.8 Å². The number of benzene rings is 2. The van der Waals surface area contributed by atoms with Crippen LogP contribution in [0.15, 0.2) is 46.9 Å². The maximum Gasteiger partial charge on any atom is 0.0326 e. The van der Waals surface area contributed by atoms with Gasteiger partial charge in [-0.25, -0.2) is 0 Å². The Kier molecular flexibility index (Phi) is 2.69. The lowest BCUT2D eigenvalue weighted by atomic mass is 10.1. The van der Waals surface area contributed by atoms with Crippen molar-refractivity contribution >= 4 is 32.8 Å². The van der Waals surface area contributed by atoms with Crippen LogP contribution in [0.4, 0.5) is 0 Å². The fourth-order valence-corrected chi connectivity index (χ4v) is 2.18. The Morgan fingerprint density at radius 3 is 2.64 bits per heavy atom. The van der Waals surface area contributed by atoms with Crippen LogP contribution in [0.1, 0.15) is 12.5 Å². The van der Waals surface area contributed by atoms with E-state index in [9.17, 15) is 0 Å². The van der Waals surface area contributed by atoms with Gasteiger partial charge >= 0.3 is 0 Å². The van der Waals surface area contributed by atoms with E-state index in [1.807, 2.05) is 6.92 Å². The van der Waals surface area contributed by atoms with E-state index in [1.54, 1.807) is 0 Å². The molecular formula is C13H11Br. The molecule has 0 aliphatic heterocycles. The molecule has 0 saturated heterocycles. The van der Waals surface area contributed by atoms with Crippen molar-refractivity contribution in [2.75, 3.05) is 0 Å². The second-order valence-corrected chi connectivity index (χ2v) is 3.98. The largest absolute Gasteiger partial charge is 0.0870 e. The summed E-state index contributed by atoms with van der Waals surface area (Å²) in [6.07, 6.45) is 4.16.